The Hall–Kier alpha value is -2.78. The van der Waals surface area contributed by atoms with Gasteiger partial charge in [0.2, 0.25) is 21.7 Å². The quantitative estimate of drug-likeness (QED) is 0.694. The number of ether oxygens (including phenoxy) is 1. The van der Waals surface area contributed by atoms with Crippen LogP contribution in [0.25, 0.3) is 11.4 Å². The van der Waals surface area contributed by atoms with Gasteiger partial charge < -0.3 is 9.26 Å². The van der Waals surface area contributed by atoms with Crippen molar-refractivity contribution >= 4 is 10.0 Å². The fraction of sp³-hybridized carbons (Fsp3) is 0.222. The standard InChI is InChI=1S/C18H18FN3O4S/c1-11-8-13(25-3)9-12(2)17(11)27(23,24)20-10-16-21-18(22-26-16)14-6-4-5-7-15(14)19/h4-9,20H,10H2,1-3H3. The van der Waals surface area contributed by atoms with Gasteiger partial charge >= 0.3 is 0 Å². The molecule has 0 aliphatic carbocycles. The molecule has 0 saturated heterocycles. The summed E-state index contributed by atoms with van der Waals surface area (Å²) in [4.78, 5) is 4.21. The molecule has 27 heavy (non-hydrogen) atoms. The molecule has 142 valence electrons. The van der Waals surface area contributed by atoms with Gasteiger partial charge in [-0.25, -0.2) is 17.5 Å². The van der Waals surface area contributed by atoms with E-state index in [1.807, 2.05) is 0 Å². The second-order valence-corrected chi connectivity index (χ2v) is 7.61. The van der Waals surface area contributed by atoms with Gasteiger partial charge in [-0.05, 0) is 49.2 Å². The van der Waals surface area contributed by atoms with E-state index >= 15 is 0 Å². The van der Waals surface area contributed by atoms with Crippen LogP contribution < -0.4 is 9.46 Å². The molecule has 0 aliphatic heterocycles. The zero-order valence-corrected chi connectivity index (χ0v) is 15.8. The second-order valence-electron chi connectivity index (χ2n) is 5.91. The molecule has 0 radical (unpaired) electrons. The van der Waals surface area contributed by atoms with E-state index < -0.39 is 15.8 Å². The molecule has 0 amide bonds. The van der Waals surface area contributed by atoms with Gasteiger partial charge in [0.25, 0.3) is 0 Å². The van der Waals surface area contributed by atoms with Crippen molar-refractivity contribution in [2.45, 2.75) is 25.3 Å². The Kier molecular flexibility index (Phi) is 5.24. The van der Waals surface area contributed by atoms with Gasteiger partial charge in [-0.1, -0.05) is 17.3 Å². The molecular weight excluding hydrogens is 373 g/mol. The van der Waals surface area contributed by atoms with Gasteiger partial charge in [0, 0.05) is 0 Å². The van der Waals surface area contributed by atoms with E-state index in [1.165, 1.54) is 19.2 Å². The molecule has 0 unspecified atom stereocenters. The van der Waals surface area contributed by atoms with Crippen molar-refractivity contribution in [2.75, 3.05) is 7.11 Å². The molecule has 2 aromatic carbocycles. The summed E-state index contributed by atoms with van der Waals surface area (Å²) in [5.41, 5.74) is 1.28. The van der Waals surface area contributed by atoms with Crippen LogP contribution in [-0.2, 0) is 16.6 Å². The Balaban J connectivity index is 1.80. The smallest absolute Gasteiger partial charge is 0.242 e. The number of nitrogens with zero attached hydrogens (tertiary/aromatic N) is 2. The lowest BCUT2D eigenvalue weighted by Gasteiger charge is -2.12. The van der Waals surface area contributed by atoms with E-state index in [1.54, 1.807) is 38.1 Å². The first-order valence-corrected chi connectivity index (χ1v) is 9.52. The fourth-order valence-corrected chi connectivity index (χ4v) is 4.18. The van der Waals surface area contributed by atoms with Gasteiger partial charge in [0.15, 0.2) is 0 Å². The van der Waals surface area contributed by atoms with Crippen molar-refractivity contribution in [1.82, 2.24) is 14.9 Å². The third kappa shape index (κ3) is 3.99. The monoisotopic (exact) mass is 391 g/mol. The summed E-state index contributed by atoms with van der Waals surface area (Å²) >= 11 is 0. The minimum absolute atomic E-state index is 0.0284. The molecule has 3 rings (SSSR count). The Morgan fingerprint density at radius 2 is 1.85 bits per heavy atom. The molecule has 9 heteroatoms. The first-order chi connectivity index (χ1) is 12.8. The first-order valence-electron chi connectivity index (χ1n) is 8.04. The maximum absolute atomic E-state index is 13.8. The second kappa shape index (κ2) is 7.45. The number of hydrogen-bond acceptors (Lipinski definition) is 6. The van der Waals surface area contributed by atoms with E-state index in [4.69, 9.17) is 9.26 Å². The Morgan fingerprint density at radius 3 is 2.48 bits per heavy atom. The SMILES string of the molecule is COc1cc(C)c(S(=O)(=O)NCc2nc(-c3ccccc3F)no2)c(C)c1. The highest BCUT2D eigenvalue weighted by Crippen LogP contribution is 2.26. The summed E-state index contributed by atoms with van der Waals surface area (Å²) < 4.78 is 51.7. The van der Waals surface area contributed by atoms with Gasteiger partial charge in [-0.2, -0.15) is 4.98 Å². The zero-order valence-electron chi connectivity index (χ0n) is 15.0. The molecule has 1 aromatic heterocycles. The number of methoxy groups -OCH3 is 1. The maximum Gasteiger partial charge on any atom is 0.242 e. The van der Waals surface area contributed by atoms with Gasteiger partial charge in [-0.15, -0.1) is 0 Å². The van der Waals surface area contributed by atoms with Crippen molar-refractivity contribution in [3.63, 3.8) is 0 Å². The summed E-state index contributed by atoms with van der Waals surface area (Å²) in [7, 11) is -2.30. The minimum Gasteiger partial charge on any atom is -0.497 e. The lowest BCUT2D eigenvalue weighted by molar-refractivity contribution is 0.375. The minimum atomic E-state index is -3.82. The lowest BCUT2D eigenvalue weighted by Crippen LogP contribution is -2.25. The third-order valence-electron chi connectivity index (χ3n) is 3.93. The average Bonchev–Trinajstić information content (AvgIpc) is 3.08. The number of sulfonamides is 1. The Morgan fingerprint density at radius 1 is 1.19 bits per heavy atom. The van der Waals surface area contributed by atoms with Crippen LogP contribution in [0.1, 0.15) is 17.0 Å². The summed E-state index contributed by atoms with van der Waals surface area (Å²) in [6.45, 7) is 3.16. The van der Waals surface area contributed by atoms with Crippen molar-refractivity contribution in [1.29, 1.82) is 0 Å². The van der Waals surface area contributed by atoms with Crippen LogP contribution in [0.2, 0.25) is 0 Å². The van der Waals surface area contributed by atoms with Crippen LogP contribution >= 0.6 is 0 Å². The summed E-state index contributed by atoms with van der Waals surface area (Å²) in [5, 5.41) is 3.70. The van der Waals surface area contributed by atoms with Gasteiger partial charge in [0.05, 0.1) is 24.1 Å². The van der Waals surface area contributed by atoms with E-state index in [9.17, 15) is 12.8 Å². The van der Waals surface area contributed by atoms with Crippen molar-refractivity contribution in [2.24, 2.45) is 0 Å². The number of hydrogen-bond donors (Lipinski definition) is 1. The molecule has 0 aliphatic rings. The lowest BCUT2D eigenvalue weighted by atomic mass is 10.1. The topological polar surface area (TPSA) is 94.3 Å². The van der Waals surface area contributed by atoms with E-state index in [0.717, 1.165) is 0 Å². The molecule has 0 fully saturated rings. The molecule has 1 N–H and O–H groups in total. The Bertz CT molecular complexity index is 1060. The molecule has 7 nitrogen and oxygen atoms in total. The van der Waals surface area contributed by atoms with Crippen LogP contribution in [0.15, 0.2) is 45.8 Å². The van der Waals surface area contributed by atoms with Crippen LogP contribution in [0.4, 0.5) is 4.39 Å². The number of aryl methyl sites for hydroxylation is 2. The molecule has 0 bridgehead atoms. The molecule has 3 aromatic rings. The van der Waals surface area contributed by atoms with Gasteiger partial charge in [-0.3, -0.25) is 0 Å². The summed E-state index contributed by atoms with van der Waals surface area (Å²) in [6.07, 6.45) is 0. The normalized spacial score (nSPS) is 11.6. The van der Waals surface area contributed by atoms with Crippen LogP contribution in [0, 0.1) is 19.7 Å². The highest BCUT2D eigenvalue weighted by Gasteiger charge is 2.22. The number of benzene rings is 2. The predicted molar refractivity (Wildman–Crippen MR) is 96.2 cm³/mol. The molecule has 0 saturated carbocycles. The average molecular weight is 391 g/mol. The fourth-order valence-electron chi connectivity index (χ4n) is 2.76. The molecule has 0 spiro atoms. The highest BCUT2D eigenvalue weighted by molar-refractivity contribution is 7.89. The van der Waals surface area contributed by atoms with Gasteiger partial charge in [0.1, 0.15) is 11.6 Å². The number of nitrogens with one attached hydrogen (secondary N) is 1. The molecular formula is C18H18FN3O4S. The maximum atomic E-state index is 13.8. The van der Waals surface area contributed by atoms with Crippen LogP contribution in [0.5, 0.6) is 5.75 Å². The number of aromatic nitrogens is 2. The van der Waals surface area contributed by atoms with Crippen molar-refractivity contribution in [3.05, 3.63) is 59.2 Å². The van der Waals surface area contributed by atoms with Crippen molar-refractivity contribution < 1.29 is 22.1 Å². The number of halogens is 1. The van der Waals surface area contributed by atoms with Crippen LogP contribution in [-0.4, -0.2) is 25.7 Å². The van der Waals surface area contributed by atoms with E-state index in [-0.39, 0.29) is 28.7 Å². The van der Waals surface area contributed by atoms with Crippen LogP contribution in [0.3, 0.4) is 0 Å². The largest absolute Gasteiger partial charge is 0.497 e. The number of rotatable bonds is 6. The van der Waals surface area contributed by atoms with Crippen molar-refractivity contribution in [3.8, 4) is 17.1 Å². The molecule has 0 atom stereocenters. The zero-order chi connectivity index (χ0) is 19.6. The summed E-state index contributed by atoms with van der Waals surface area (Å²) in [5.74, 6) is 0.171. The highest BCUT2D eigenvalue weighted by atomic mass is 32.2. The predicted octanol–water partition coefficient (Wildman–Crippen LogP) is 2.98. The third-order valence-corrected chi connectivity index (χ3v) is 5.64. The molecule has 1 heterocycles. The summed E-state index contributed by atoms with van der Waals surface area (Å²) in [6, 6.07) is 9.27. The van der Waals surface area contributed by atoms with E-state index in [2.05, 4.69) is 14.9 Å². The first kappa shape index (κ1) is 19.0. The Labute approximate surface area is 156 Å². The van der Waals surface area contributed by atoms with E-state index in [0.29, 0.717) is 16.9 Å².